The number of hydrogen-bond donors (Lipinski definition) is 4. The van der Waals surface area contributed by atoms with Gasteiger partial charge in [0.25, 0.3) is 11.5 Å². The molecule has 0 fully saturated rings. The normalized spacial score (nSPS) is 11.4. The van der Waals surface area contributed by atoms with Crippen molar-refractivity contribution in [1.29, 1.82) is 0 Å². The second-order valence-electron chi connectivity index (χ2n) is 4.29. The van der Waals surface area contributed by atoms with Crippen molar-refractivity contribution in [2.45, 2.75) is 12.6 Å². The summed E-state index contributed by atoms with van der Waals surface area (Å²) < 4.78 is 37.1. The van der Waals surface area contributed by atoms with Crippen LogP contribution in [0.4, 0.5) is 19.0 Å². The van der Waals surface area contributed by atoms with E-state index < -0.39 is 23.3 Å². The van der Waals surface area contributed by atoms with Crippen LogP contribution < -0.4 is 16.6 Å². The predicted octanol–water partition coefficient (Wildman–Crippen LogP) is 0.0665. The summed E-state index contributed by atoms with van der Waals surface area (Å²) in [6.07, 6.45) is -4.45. The predicted molar refractivity (Wildman–Crippen MR) is 68.9 cm³/mol. The van der Waals surface area contributed by atoms with Crippen molar-refractivity contribution < 1.29 is 18.0 Å². The summed E-state index contributed by atoms with van der Waals surface area (Å²) in [5, 5.41) is 7.38. The fourth-order valence-corrected chi connectivity index (χ4v) is 1.62. The molecular weight excluding hydrogens is 305 g/mol. The molecule has 0 aliphatic rings. The van der Waals surface area contributed by atoms with Crippen molar-refractivity contribution in [2.75, 3.05) is 12.3 Å². The van der Waals surface area contributed by atoms with Gasteiger partial charge >= 0.3 is 6.18 Å². The Labute approximate surface area is 120 Å². The molecule has 2 aromatic heterocycles. The maximum atomic E-state index is 12.4. The van der Waals surface area contributed by atoms with E-state index >= 15 is 0 Å². The Morgan fingerprint density at radius 1 is 1.36 bits per heavy atom. The van der Waals surface area contributed by atoms with Crippen molar-refractivity contribution in [2.24, 2.45) is 0 Å². The number of amides is 1. The number of anilines is 1. The van der Waals surface area contributed by atoms with Crippen LogP contribution in [-0.2, 0) is 12.6 Å². The number of aromatic amines is 2. The van der Waals surface area contributed by atoms with Crippen molar-refractivity contribution >= 4 is 11.7 Å². The Balaban J connectivity index is 1.93. The topological polar surface area (TPSA) is 130 Å². The van der Waals surface area contributed by atoms with Crippen molar-refractivity contribution in [1.82, 2.24) is 25.5 Å². The number of rotatable bonds is 4. The highest BCUT2D eigenvalue weighted by molar-refractivity contribution is 5.92. The fourth-order valence-electron chi connectivity index (χ4n) is 1.62. The third-order valence-corrected chi connectivity index (χ3v) is 2.57. The van der Waals surface area contributed by atoms with Crippen LogP contribution in [0.3, 0.4) is 0 Å². The molecule has 2 aromatic rings. The molecule has 0 aliphatic heterocycles. The maximum absolute atomic E-state index is 12.4. The highest BCUT2D eigenvalue weighted by Crippen LogP contribution is 2.27. The summed E-state index contributed by atoms with van der Waals surface area (Å²) in [5.41, 5.74) is 3.45. The average molecular weight is 316 g/mol. The van der Waals surface area contributed by atoms with Crippen LogP contribution in [0.15, 0.2) is 16.9 Å². The number of H-pyrrole nitrogens is 2. The number of hydrogen-bond acceptors (Lipinski definition) is 5. The Morgan fingerprint density at radius 2 is 2.09 bits per heavy atom. The van der Waals surface area contributed by atoms with Gasteiger partial charge in [-0.3, -0.25) is 14.7 Å². The molecule has 0 aliphatic carbocycles. The van der Waals surface area contributed by atoms with Crippen LogP contribution in [0.1, 0.15) is 22.0 Å². The minimum Gasteiger partial charge on any atom is -0.383 e. The van der Waals surface area contributed by atoms with E-state index in [9.17, 15) is 22.8 Å². The summed E-state index contributed by atoms with van der Waals surface area (Å²) in [7, 11) is 0. The molecule has 0 radical (unpaired) electrons. The minimum absolute atomic E-state index is 0.0344. The van der Waals surface area contributed by atoms with Gasteiger partial charge in [-0.2, -0.15) is 18.3 Å². The first kappa shape index (κ1) is 15.5. The van der Waals surface area contributed by atoms with Gasteiger partial charge in [0.2, 0.25) is 0 Å². The van der Waals surface area contributed by atoms with Crippen molar-refractivity contribution in [3.05, 3.63) is 39.7 Å². The number of alkyl halides is 3. The first-order valence-corrected chi connectivity index (χ1v) is 6.02. The number of halogens is 3. The molecule has 0 saturated heterocycles. The molecule has 2 heterocycles. The summed E-state index contributed by atoms with van der Waals surface area (Å²) >= 11 is 0. The lowest BCUT2D eigenvalue weighted by Gasteiger charge is -2.03. The monoisotopic (exact) mass is 316 g/mol. The van der Waals surface area contributed by atoms with Gasteiger partial charge in [-0.25, -0.2) is 4.98 Å². The molecule has 0 unspecified atom stereocenters. The van der Waals surface area contributed by atoms with Gasteiger partial charge < -0.3 is 16.0 Å². The van der Waals surface area contributed by atoms with Crippen LogP contribution in [0.2, 0.25) is 0 Å². The summed E-state index contributed by atoms with van der Waals surface area (Å²) in [6.45, 7) is 0.0411. The highest BCUT2D eigenvalue weighted by Gasteiger charge is 2.33. The molecular formula is C11H11F3N6O2. The number of carbonyl (C=O) groups is 1. The van der Waals surface area contributed by atoms with E-state index in [1.165, 1.54) is 0 Å². The molecule has 5 N–H and O–H groups in total. The van der Waals surface area contributed by atoms with E-state index in [1.54, 1.807) is 5.10 Å². The molecule has 0 bridgehead atoms. The Bertz CT molecular complexity index is 736. The first-order chi connectivity index (χ1) is 10.3. The summed E-state index contributed by atoms with van der Waals surface area (Å²) in [6, 6.07) is 1.71. The number of nitrogens with two attached hydrogens (primary N) is 1. The lowest BCUT2D eigenvalue weighted by Crippen LogP contribution is -2.27. The summed E-state index contributed by atoms with van der Waals surface area (Å²) in [5.74, 6) is -0.492. The quantitative estimate of drug-likeness (QED) is 0.634. The molecule has 2 rings (SSSR count). The smallest absolute Gasteiger partial charge is 0.383 e. The largest absolute Gasteiger partial charge is 0.432 e. The molecule has 22 heavy (non-hydrogen) atoms. The molecule has 11 heteroatoms. The zero-order chi connectivity index (χ0) is 16.3. The number of aromatic nitrogens is 4. The molecule has 0 atom stereocenters. The van der Waals surface area contributed by atoms with Crippen molar-refractivity contribution in [3.63, 3.8) is 0 Å². The van der Waals surface area contributed by atoms with Crippen LogP contribution in [0.25, 0.3) is 0 Å². The Morgan fingerprint density at radius 3 is 2.68 bits per heavy atom. The van der Waals surface area contributed by atoms with Gasteiger partial charge in [0.15, 0.2) is 5.69 Å². The molecule has 0 saturated carbocycles. The number of nitrogens with zero attached hydrogens (tertiary/aromatic N) is 2. The zero-order valence-electron chi connectivity index (χ0n) is 11.0. The van der Waals surface area contributed by atoms with Gasteiger partial charge in [-0.05, 0) is 0 Å². The first-order valence-electron chi connectivity index (χ1n) is 6.02. The van der Waals surface area contributed by atoms with Gasteiger partial charge in [-0.15, -0.1) is 0 Å². The number of carbonyl (C=O) groups excluding carboxylic acids is 1. The lowest BCUT2D eigenvalue weighted by atomic mass is 10.3. The molecule has 118 valence electrons. The third-order valence-electron chi connectivity index (χ3n) is 2.57. The van der Waals surface area contributed by atoms with Gasteiger partial charge in [0.1, 0.15) is 17.3 Å². The summed E-state index contributed by atoms with van der Waals surface area (Å²) in [4.78, 5) is 29.0. The van der Waals surface area contributed by atoms with E-state index in [-0.39, 0.29) is 30.3 Å². The van der Waals surface area contributed by atoms with Gasteiger partial charge in [0.05, 0.1) is 0 Å². The molecule has 8 nitrogen and oxygen atoms in total. The zero-order valence-corrected chi connectivity index (χ0v) is 11.0. The van der Waals surface area contributed by atoms with E-state index in [2.05, 4.69) is 20.4 Å². The molecule has 0 aromatic carbocycles. The van der Waals surface area contributed by atoms with Crippen molar-refractivity contribution in [3.8, 4) is 0 Å². The second-order valence-corrected chi connectivity index (χ2v) is 4.29. The van der Waals surface area contributed by atoms with Crippen LogP contribution >= 0.6 is 0 Å². The third kappa shape index (κ3) is 3.84. The van der Waals surface area contributed by atoms with E-state index in [4.69, 9.17) is 5.73 Å². The van der Waals surface area contributed by atoms with Crippen LogP contribution in [-0.4, -0.2) is 32.6 Å². The number of nitrogen functional groups attached to an aromatic ring is 1. The Kier molecular flexibility index (Phi) is 4.15. The molecule has 1 amide bonds. The maximum Gasteiger partial charge on any atom is 0.432 e. The Hall–Kier alpha value is -2.85. The molecule has 0 spiro atoms. The standard InChI is InChI=1S/C11H11F3N6O2/c12-11(13,14)6-3-5(19-20-6)10(22)16-2-1-8-17-7(15)4-9(21)18-8/h3-4H,1-2H2,(H,16,22)(H,19,20)(H3,15,17,18,21). The minimum atomic E-state index is -4.60. The van der Waals surface area contributed by atoms with E-state index in [0.29, 0.717) is 6.07 Å². The van der Waals surface area contributed by atoms with Gasteiger partial charge in [-0.1, -0.05) is 0 Å². The van der Waals surface area contributed by atoms with Crippen LogP contribution in [0, 0.1) is 0 Å². The van der Waals surface area contributed by atoms with Gasteiger partial charge in [0, 0.05) is 25.1 Å². The lowest BCUT2D eigenvalue weighted by molar-refractivity contribution is -0.141. The second kappa shape index (κ2) is 5.87. The highest BCUT2D eigenvalue weighted by atomic mass is 19.4. The van der Waals surface area contributed by atoms with E-state index in [0.717, 1.165) is 6.07 Å². The fraction of sp³-hybridized carbons (Fsp3) is 0.273. The number of nitrogens with one attached hydrogen (secondary N) is 3. The average Bonchev–Trinajstić information content (AvgIpc) is 2.86. The van der Waals surface area contributed by atoms with Crippen LogP contribution in [0.5, 0.6) is 0 Å². The SMILES string of the molecule is Nc1cc(=O)[nH]c(CCNC(=O)c2cc(C(F)(F)F)[nH]n2)n1. The van der Waals surface area contributed by atoms with E-state index in [1.807, 2.05) is 0 Å².